The van der Waals surface area contributed by atoms with Gasteiger partial charge in [0.15, 0.2) is 0 Å². The highest BCUT2D eigenvalue weighted by atomic mass is 35.5. The molecule has 1 aliphatic heterocycles. The number of anilines is 1. The maximum atomic E-state index is 12.3. The summed E-state index contributed by atoms with van der Waals surface area (Å²) in [6, 6.07) is 4.68. The predicted octanol–water partition coefficient (Wildman–Crippen LogP) is 2.87. The molecule has 1 heterocycles. The molecular formula is C16H21Cl2N3O2. The first-order valence-electron chi connectivity index (χ1n) is 7.63. The molecule has 126 valence electrons. The predicted molar refractivity (Wildman–Crippen MR) is 93.0 cm³/mol. The Balaban J connectivity index is 1.92. The second-order valence-electron chi connectivity index (χ2n) is 5.77. The van der Waals surface area contributed by atoms with Gasteiger partial charge < -0.3 is 10.2 Å². The Morgan fingerprint density at radius 2 is 1.83 bits per heavy atom. The lowest BCUT2D eigenvalue weighted by atomic mass is 10.2. The molecule has 5 nitrogen and oxygen atoms in total. The molecule has 1 aromatic rings. The number of amides is 2. The van der Waals surface area contributed by atoms with Gasteiger partial charge in [0.25, 0.3) is 0 Å². The first-order chi connectivity index (χ1) is 10.9. The summed E-state index contributed by atoms with van der Waals surface area (Å²) in [4.78, 5) is 28.1. The quantitative estimate of drug-likeness (QED) is 0.881. The number of hydrogen-bond acceptors (Lipinski definition) is 3. The third kappa shape index (κ3) is 4.59. The van der Waals surface area contributed by atoms with Crippen LogP contribution in [0.2, 0.25) is 10.0 Å². The summed E-state index contributed by atoms with van der Waals surface area (Å²) in [5, 5.41) is 3.47. The molecule has 0 unspecified atom stereocenters. The van der Waals surface area contributed by atoms with Crippen LogP contribution in [-0.2, 0) is 9.59 Å². The molecule has 0 bridgehead atoms. The Kier molecular flexibility index (Phi) is 6.27. The summed E-state index contributed by atoms with van der Waals surface area (Å²) in [5.41, 5.74) is 0.396. The third-order valence-corrected chi connectivity index (χ3v) is 4.69. The molecule has 0 spiro atoms. The Labute approximate surface area is 146 Å². The van der Waals surface area contributed by atoms with Crippen molar-refractivity contribution in [2.75, 3.05) is 32.0 Å². The molecule has 0 aromatic heterocycles. The van der Waals surface area contributed by atoms with Crippen molar-refractivity contribution in [3.63, 3.8) is 0 Å². The number of rotatable bonds is 5. The Bertz CT molecular complexity index is 568. The largest absolute Gasteiger partial charge is 0.341 e. The first-order valence-corrected chi connectivity index (χ1v) is 8.38. The van der Waals surface area contributed by atoms with Gasteiger partial charge in [-0.25, -0.2) is 0 Å². The number of likely N-dealkylation sites (N-methyl/N-ethyl adjacent to an activating group) is 1. The zero-order valence-corrected chi connectivity index (χ0v) is 14.8. The van der Waals surface area contributed by atoms with Gasteiger partial charge in [-0.05, 0) is 38.9 Å². The number of likely N-dealkylation sites (tertiary alicyclic amines) is 1. The number of nitrogens with one attached hydrogen (secondary N) is 1. The summed E-state index contributed by atoms with van der Waals surface area (Å²) >= 11 is 12.1. The molecule has 0 saturated carbocycles. The van der Waals surface area contributed by atoms with Crippen LogP contribution in [0.25, 0.3) is 0 Å². The van der Waals surface area contributed by atoms with Crippen LogP contribution in [0.1, 0.15) is 19.8 Å². The lowest BCUT2D eigenvalue weighted by Crippen LogP contribution is -2.46. The van der Waals surface area contributed by atoms with Gasteiger partial charge in [0.05, 0.1) is 28.3 Å². The van der Waals surface area contributed by atoms with Crippen LogP contribution in [-0.4, -0.2) is 54.3 Å². The van der Waals surface area contributed by atoms with E-state index < -0.39 is 0 Å². The van der Waals surface area contributed by atoms with Crippen molar-refractivity contribution in [3.8, 4) is 0 Å². The van der Waals surface area contributed by atoms with Crippen LogP contribution in [0, 0.1) is 0 Å². The van der Waals surface area contributed by atoms with Crippen molar-refractivity contribution in [2.24, 2.45) is 0 Å². The summed E-state index contributed by atoms with van der Waals surface area (Å²) < 4.78 is 0. The third-order valence-electron chi connectivity index (χ3n) is 4.06. The number of para-hydroxylation sites is 1. The molecule has 23 heavy (non-hydrogen) atoms. The summed E-state index contributed by atoms with van der Waals surface area (Å²) in [6.45, 7) is 3.51. The SMILES string of the molecule is C[C@@H](C(=O)N1CCCC1)N(C)CC(=O)Nc1c(Cl)cccc1Cl. The minimum absolute atomic E-state index is 0.0635. The average molecular weight is 358 g/mol. The van der Waals surface area contributed by atoms with Crippen LogP contribution < -0.4 is 5.32 Å². The molecule has 7 heteroatoms. The molecular weight excluding hydrogens is 337 g/mol. The number of carbonyl (C=O) groups excluding carboxylic acids is 2. The monoisotopic (exact) mass is 357 g/mol. The second-order valence-corrected chi connectivity index (χ2v) is 6.58. The Morgan fingerprint density at radius 3 is 2.39 bits per heavy atom. The smallest absolute Gasteiger partial charge is 0.239 e. The van der Waals surface area contributed by atoms with E-state index in [1.165, 1.54) is 0 Å². The van der Waals surface area contributed by atoms with Crippen molar-refractivity contribution < 1.29 is 9.59 Å². The van der Waals surface area contributed by atoms with Gasteiger partial charge in [0.1, 0.15) is 0 Å². The highest BCUT2D eigenvalue weighted by Gasteiger charge is 2.27. The van der Waals surface area contributed by atoms with Crippen LogP contribution >= 0.6 is 23.2 Å². The average Bonchev–Trinajstić information content (AvgIpc) is 3.04. The Hall–Kier alpha value is -1.30. The maximum Gasteiger partial charge on any atom is 0.239 e. The zero-order valence-electron chi connectivity index (χ0n) is 13.3. The zero-order chi connectivity index (χ0) is 17.0. The number of hydrogen-bond donors (Lipinski definition) is 1. The van der Waals surface area contributed by atoms with Crippen LogP contribution in [0.15, 0.2) is 18.2 Å². The molecule has 1 aliphatic rings. The van der Waals surface area contributed by atoms with Gasteiger partial charge in [-0.1, -0.05) is 29.3 Å². The standard InChI is InChI=1S/C16H21Cl2N3O2/c1-11(16(23)21-8-3-4-9-21)20(2)10-14(22)19-15-12(17)6-5-7-13(15)18/h5-7,11H,3-4,8-10H2,1-2H3,(H,19,22)/t11-/m0/s1. The van der Waals surface area contributed by atoms with Gasteiger partial charge in [0, 0.05) is 13.1 Å². The first kappa shape index (κ1) is 18.0. The Morgan fingerprint density at radius 1 is 1.26 bits per heavy atom. The van der Waals surface area contributed by atoms with Gasteiger partial charge >= 0.3 is 0 Å². The molecule has 2 rings (SSSR count). The van der Waals surface area contributed by atoms with Crippen molar-refractivity contribution in [1.82, 2.24) is 9.80 Å². The van der Waals surface area contributed by atoms with Gasteiger partial charge in [0.2, 0.25) is 11.8 Å². The van der Waals surface area contributed by atoms with Crippen LogP contribution in [0.5, 0.6) is 0 Å². The summed E-state index contributed by atoms with van der Waals surface area (Å²) in [7, 11) is 1.76. The second kappa shape index (κ2) is 7.99. The molecule has 0 radical (unpaired) electrons. The van der Waals surface area contributed by atoms with Crippen molar-refractivity contribution >= 4 is 40.7 Å². The maximum absolute atomic E-state index is 12.3. The highest BCUT2D eigenvalue weighted by Crippen LogP contribution is 2.29. The van der Waals surface area contributed by atoms with E-state index in [9.17, 15) is 9.59 Å². The molecule has 1 aromatic carbocycles. The van der Waals surface area contributed by atoms with E-state index >= 15 is 0 Å². The van der Waals surface area contributed by atoms with Crippen molar-refractivity contribution in [1.29, 1.82) is 0 Å². The highest BCUT2D eigenvalue weighted by molar-refractivity contribution is 6.39. The number of halogens is 2. The van der Waals surface area contributed by atoms with Crippen LogP contribution in [0.4, 0.5) is 5.69 Å². The molecule has 0 aliphatic carbocycles. The van der Waals surface area contributed by atoms with Crippen LogP contribution in [0.3, 0.4) is 0 Å². The normalized spacial score (nSPS) is 15.8. The fourth-order valence-electron chi connectivity index (χ4n) is 2.55. The number of benzene rings is 1. The minimum atomic E-state index is -0.347. The molecule has 1 saturated heterocycles. The lowest BCUT2D eigenvalue weighted by molar-refractivity contribution is -0.135. The van der Waals surface area contributed by atoms with E-state index in [0.717, 1.165) is 25.9 Å². The van der Waals surface area contributed by atoms with Gasteiger partial charge in [-0.15, -0.1) is 0 Å². The topological polar surface area (TPSA) is 52.7 Å². The molecule has 1 N–H and O–H groups in total. The van der Waals surface area contributed by atoms with Crippen molar-refractivity contribution in [3.05, 3.63) is 28.2 Å². The van der Waals surface area contributed by atoms with Crippen molar-refractivity contribution in [2.45, 2.75) is 25.8 Å². The lowest BCUT2D eigenvalue weighted by Gasteiger charge is -2.27. The molecule has 1 fully saturated rings. The van der Waals surface area contributed by atoms with Gasteiger partial charge in [-0.2, -0.15) is 0 Å². The fraction of sp³-hybridized carbons (Fsp3) is 0.500. The molecule has 2 amide bonds. The van der Waals surface area contributed by atoms with Gasteiger partial charge in [-0.3, -0.25) is 14.5 Å². The van der Waals surface area contributed by atoms with E-state index in [2.05, 4.69) is 5.32 Å². The molecule has 1 atom stereocenters. The number of carbonyl (C=O) groups is 2. The van der Waals surface area contributed by atoms with E-state index in [-0.39, 0.29) is 24.4 Å². The van der Waals surface area contributed by atoms with E-state index in [1.54, 1.807) is 30.1 Å². The van der Waals surface area contributed by atoms with E-state index in [0.29, 0.717) is 15.7 Å². The summed E-state index contributed by atoms with van der Waals surface area (Å²) in [5.74, 6) is -0.197. The van der Waals surface area contributed by atoms with E-state index in [4.69, 9.17) is 23.2 Å². The van der Waals surface area contributed by atoms with E-state index in [1.807, 2.05) is 11.8 Å². The minimum Gasteiger partial charge on any atom is -0.341 e. The number of nitrogens with zero attached hydrogens (tertiary/aromatic N) is 2. The fourth-order valence-corrected chi connectivity index (χ4v) is 3.04. The summed E-state index contributed by atoms with van der Waals surface area (Å²) in [6.07, 6.45) is 2.10.